The summed E-state index contributed by atoms with van der Waals surface area (Å²) in [6, 6.07) is 21.3. The minimum absolute atomic E-state index is 0.184. The highest BCUT2D eigenvalue weighted by molar-refractivity contribution is 6.35. The molecule has 1 heterocycles. The summed E-state index contributed by atoms with van der Waals surface area (Å²) in [6.07, 6.45) is 1.08. The van der Waals surface area contributed by atoms with Crippen molar-refractivity contribution in [1.29, 1.82) is 0 Å². The lowest BCUT2D eigenvalue weighted by atomic mass is 9.99. The number of anilines is 1. The summed E-state index contributed by atoms with van der Waals surface area (Å²) in [5, 5.41) is 3.81. The Balaban J connectivity index is 1.39. The molecule has 3 aromatic rings. The predicted octanol–water partition coefficient (Wildman–Crippen LogP) is 5.80. The van der Waals surface area contributed by atoms with E-state index in [-0.39, 0.29) is 5.91 Å². The molecule has 3 aromatic carbocycles. The van der Waals surface area contributed by atoms with Gasteiger partial charge in [-0.2, -0.15) is 0 Å². The van der Waals surface area contributed by atoms with Crippen LogP contribution in [-0.2, 0) is 19.5 Å². The molecule has 0 aliphatic carbocycles. The van der Waals surface area contributed by atoms with Crippen molar-refractivity contribution in [3.8, 4) is 0 Å². The van der Waals surface area contributed by atoms with Gasteiger partial charge < -0.3 is 5.32 Å². The van der Waals surface area contributed by atoms with E-state index in [1.165, 1.54) is 16.7 Å². The number of carbonyl (C=O) groups is 1. The predicted molar refractivity (Wildman–Crippen MR) is 115 cm³/mol. The fraction of sp³-hybridized carbons (Fsp3) is 0.174. The van der Waals surface area contributed by atoms with Gasteiger partial charge in [0.15, 0.2) is 0 Å². The molecule has 5 heteroatoms. The molecule has 28 heavy (non-hydrogen) atoms. The zero-order valence-corrected chi connectivity index (χ0v) is 16.8. The van der Waals surface area contributed by atoms with E-state index in [1.807, 2.05) is 24.3 Å². The van der Waals surface area contributed by atoms with Crippen LogP contribution in [0.2, 0.25) is 10.0 Å². The second kappa shape index (κ2) is 8.36. The van der Waals surface area contributed by atoms with Crippen molar-refractivity contribution in [3.05, 3.63) is 99.0 Å². The SMILES string of the molecule is O=C(Nc1cc(Cl)cc(Cl)c1)c1ccc(CN2CCc3ccccc3C2)cc1. The quantitative estimate of drug-likeness (QED) is 0.588. The van der Waals surface area contributed by atoms with E-state index >= 15 is 0 Å². The van der Waals surface area contributed by atoms with E-state index in [0.717, 1.165) is 26.1 Å². The molecule has 0 saturated heterocycles. The van der Waals surface area contributed by atoms with Crippen LogP contribution in [0.3, 0.4) is 0 Å². The third kappa shape index (κ3) is 4.56. The van der Waals surface area contributed by atoms with Crippen molar-refractivity contribution in [3.63, 3.8) is 0 Å². The number of fused-ring (bicyclic) bond motifs is 1. The van der Waals surface area contributed by atoms with Crippen LogP contribution in [0.25, 0.3) is 0 Å². The Kier molecular flexibility index (Phi) is 5.67. The monoisotopic (exact) mass is 410 g/mol. The first-order chi connectivity index (χ1) is 13.6. The normalized spacial score (nSPS) is 13.8. The standard InChI is InChI=1S/C23H20Cl2N2O/c24-20-11-21(25)13-22(12-20)26-23(28)18-7-5-16(6-8-18)14-27-10-9-17-3-1-2-4-19(17)15-27/h1-8,11-13H,9-10,14-15H2,(H,26,28). The summed E-state index contributed by atoms with van der Waals surface area (Å²) in [4.78, 5) is 14.9. The minimum Gasteiger partial charge on any atom is -0.322 e. The highest BCUT2D eigenvalue weighted by atomic mass is 35.5. The second-order valence-electron chi connectivity index (χ2n) is 7.04. The fourth-order valence-corrected chi connectivity index (χ4v) is 4.06. The van der Waals surface area contributed by atoms with Crippen LogP contribution in [0.1, 0.15) is 27.0 Å². The van der Waals surface area contributed by atoms with Crippen LogP contribution in [0.15, 0.2) is 66.7 Å². The van der Waals surface area contributed by atoms with Gasteiger partial charge in [0.1, 0.15) is 0 Å². The van der Waals surface area contributed by atoms with Gasteiger partial charge >= 0.3 is 0 Å². The van der Waals surface area contributed by atoms with Crippen molar-refractivity contribution >= 4 is 34.8 Å². The summed E-state index contributed by atoms with van der Waals surface area (Å²) in [7, 11) is 0. The molecule has 0 spiro atoms. The molecule has 1 N–H and O–H groups in total. The molecule has 0 unspecified atom stereocenters. The number of rotatable bonds is 4. The summed E-state index contributed by atoms with van der Waals surface area (Å²) in [5.74, 6) is -0.184. The smallest absolute Gasteiger partial charge is 0.255 e. The lowest BCUT2D eigenvalue weighted by molar-refractivity contribution is 0.102. The number of hydrogen-bond acceptors (Lipinski definition) is 2. The van der Waals surface area contributed by atoms with E-state index in [1.54, 1.807) is 18.2 Å². The van der Waals surface area contributed by atoms with E-state index in [9.17, 15) is 4.79 Å². The molecule has 0 saturated carbocycles. The molecule has 1 aliphatic rings. The van der Waals surface area contributed by atoms with Crippen molar-refractivity contribution in [2.45, 2.75) is 19.5 Å². The van der Waals surface area contributed by atoms with E-state index in [2.05, 4.69) is 34.5 Å². The highest BCUT2D eigenvalue weighted by Crippen LogP contribution is 2.23. The Morgan fingerprint density at radius 1 is 0.929 bits per heavy atom. The summed E-state index contributed by atoms with van der Waals surface area (Å²) in [6.45, 7) is 2.89. The van der Waals surface area contributed by atoms with Crippen molar-refractivity contribution in [2.75, 3.05) is 11.9 Å². The number of carbonyl (C=O) groups excluding carboxylic acids is 1. The van der Waals surface area contributed by atoms with Gasteiger partial charge in [-0.25, -0.2) is 0 Å². The molecule has 0 atom stereocenters. The lowest BCUT2D eigenvalue weighted by Gasteiger charge is -2.28. The van der Waals surface area contributed by atoms with Crippen LogP contribution in [0.5, 0.6) is 0 Å². The average Bonchev–Trinajstić information content (AvgIpc) is 2.67. The van der Waals surface area contributed by atoms with Gasteiger partial charge in [-0.1, -0.05) is 59.6 Å². The zero-order chi connectivity index (χ0) is 19.5. The van der Waals surface area contributed by atoms with Crippen molar-refractivity contribution in [2.24, 2.45) is 0 Å². The Morgan fingerprint density at radius 3 is 2.32 bits per heavy atom. The largest absolute Gasteiger partial charge is 0.322 e. The lowest BCUT2D eigenvalue weighted by Crippen LogP contribution is -2.29. The van der Waals surface area contributed by atoms with Gasteiger partial charge in [-0.15, -0.1) is 0 Å². The Labute approximate surface area is 174 Å². The van der Waals surface area contributed by atoms with Crippen molar-refractivity contribution < 1.29 is 4.79 Å². The van der Waals surface area contributed by atoms with Gasteiger partial charge in [0, 0.05) is 40.9 Å². The maximum absolute atomic E-state index is 12.5. The zero-order valence-electron chi connectivity index (χ0n) is 15.3. The first kappa shape index (κ1) is 19.0. The van der Waals surface area contributed by atoms with E-state index < -0.39 is 0 Å². The van der Waals surface area contributed by atoms with Gasteiger partial charge in [0.2, 0.25) is 0 Å². The number of amides is 1. The Bertz CT molecular complexity index is 981. The molecular weight excluding hydrogens is 391 g/mol. The van der Waals surface area contributed by atoms with Crippen LogP contribution < -0.4 is 5.32 Å². The van der Waals surface area contributed by atoms with Gasteiger partial charge in [-0.05, 0) is 53.4 Å². The third-order valence-electron chi connectivity index (χ3n) is 4.95. The van der Waals surface area contributed by atoms with E-state index in [4.69, 9.17) is 23.2 Å². The summed E-state index contributed by atoms with van der Waals surface area (Å²) >= 11 is 12.0. The number of halogens is 2. The third-order valence-corrected chi connectivity index (χ3v) is 5.39. The second-order valence-corrected chi connectivity index (χ2v) is 7.91. The molecular formula is C23H20Cl2N2O. The highest BCUT2D eigenvalue weighted by Gasteiger charge is 2.16. The number of hydrogen-bond donors (Lipinski definition) is 1. The molecule has 1 amide bonds. The van der Waals surface area contributed by atoms with E-state index in [0.29, 0.717) is 21.3 Å². The Hall–Kier alpha value is -2.33. The molecule has 0 radical (unpaired) electrons. The maximum atomic E-state index is 12.5. The topological polar surface area (TPSA) is 32.3 Å². The van der Waals surface area contributed by atoms with Crippen LogP contribution in [0, 0.1) is 0 Å². The molecule has 142 valence electrons. The van der Waals surface area contributed by atoms with Crippen LogP contribution in [-0.4, -0.2) is 17.4 Å². The fourth-order valence-electron chi connectivity index (χ4n) is 3.54. The number of nitrogens with zero attached hydrogens (tertiary/aromatic N) is 1. The summed E-state index contributed by atoms with van der Waals surface area (Å²) in [5.41, 5.74) is 5.24. The molecule has 0 aromatic heterocycles. The van der Waals surface area contributed by atoms with Crippen LogP contribution in [0.4, 0.5) is 5.69 Å². The number of nitrogens with one attached hydrogen (secondary N) is 1. The van der Waals surface area contributed by atoms with Gasteiger partial charge in [-0.3, -0.25) is 9.69 Å². The molecule has 0 fully saturated rings. The molecule has 1 aliphatic heterocycles. The number of benzene rings is 3. The minimum atomic E-state index is -0.184. The first-order valence-corrected chi connectivity index (χ1v) is 9.98. The summed E-state index contributed by atoms with van der Waals surface area (Å²) < 4.78 is 0. The van der Waals surface area contributed by atoms with Gasteiger partial charge in [0.25, 0.3) is 5.91 Å². The molecule has 4 rings (SSSR count). The average molecular weight is 411 g/mol. The van der Waals surface area contributed by atoms with Crippen molar-refractivity contribution in [1.82, 2.24) is 4.90 Å². The van der Waals surface area contributed by atoms with Crippen LogP contribution >= 0.6 is 23.2 Å². The first-order valence-electron chi connectivity index (χ1n) is 9.22. The molecule has 3 nitrogen and oxygen atoms in total. The molecule has 0 bridgehead atoms. The maximum Gasteiger partial charge on any atom is 0.255 e. The van der Waals surface area contributed by atoms with Gasteiger partial charge in [0.05, 0.1) is 0 Å². The Morgan fingerprint density at radius 2 is 1.61 bits per heavy atom.